The third-order valence-corrected chi connectivity index (χ3v) is 3.51. The average molecular weight is 389 g/mol. The number of alkyl halides is 3. The van der Waals surface area contributed by atoms with Crippen LogP contribution in [0, 0.1) is 10.1 Å². The molecule has 2 aromatic carbocycles. The van der Waals surface area contributed by atoms with Crippen molar-refractivity contribution in [2.45, 2.75) is 12.8 Å². The second-order valence-electron chi connectivity index (χ2n) is 5.13. The molecule has 0 saturated carbocycles. The van der Waals surface area contributed by atoms with Gasteiger partial charge >= 0.3 is 12.1 Å². The van der Waals surface area contributed by atoms with Gasteiger partial charge in [0, 0.05) is 11.1 Å². The van der Waals surface area contributed by atoms with Crippen LogP contribution in [-0.4, -0.2) is 17.4 Å². The van der Waals surface area contributed by atoms with Crippen LogP contribution in [-0.2, 0) is 22.3 Å². The highest BCUT2D eigenvalue weighted by Gasteiger charge is 2.33. The van der Waals surface area contributed by atoms with Gasteiger partial charge in [-0.05, 0) is 29.8 Å². The number of ether oxygens (including phenoxy) is 1. The molecule has 10 heteroatoms. The molecule has 1 N–H and O–H groups in total. The molecule has 138 valence electrons. The van der Waals surface area contributed by atoms with Crippen LogP contribution in [0.5, 0.6) is 0 Å². The van der Waals surface area contributed by atoms with Gasteiger partial charge in [0.05, 0.1) is 10.5 Å². The Balaban J connectivity index is 1.98. The van der Waals surface area contributed by atoms with Gasteiger partial charge in [0.25, 0.3) is 5.69 Å². The van der Waals surface area contributed by atoms with Crippen molar-refractivity contribution in [1.29, 1.82) is 0 Å². The summed E-state index contributed by atoms with van der Waals surface area (Å²) in [5.74, 6) is -0.728. The number of nitro groups is 1. The maximum Gasteiger partial charge on any atom is 0.416 e. The summed E-state index contributed by atoms with van der Waals surface area (Å²) in [5.41, 5.74) is -1.47. The van der Waals surface area contributed by atoms with Gasteiger partial charge in [0.1, 0.15) is 18.8 Å². The highest BCUT2D eigenvalue weighted by atomic mass is 35.5. The van der Waals surface area contributed by atoms with Crippen molar-refractivity contribution in [3.05, 3.63) is 68.7 Å². The van der Waals surface area contributed by atoms with E-state index in [9.17, 15) is 28.1 Å². The zero-order valence-electron chi connectivity index (χ0n) is 13.0. The van der Waals surface area contributed by atoms with Crippen molar-refractivity contribution in [3.8, 4) is 0 Å². The molecule has 0 unspecified atom stereocenters. The predicted octanol–water partition coefficient (Wildman–Crippen LogP) is 4.42. The number of benzene rings is 2. The van der Waals surface area contributed by atoms with E-state index in [1.807, 2.05) is 0 Å². The number of anilines is 1. The Morgan fingerprint density at radius 1 is 1.19 bits per heavy atom. The van der Waals surface area contributed by atoms with Crippen LogP contribution >= 0.6 is 11.6 Å². The van der Waals surface area contributed by atoms with Crippen LogP contribution in [0.25, 0.3) is 0 Å². The lowest BCUT2D eigenvalue weighted by Crippen LogP contribution is -2.17. The summed E-state index contributed by atoms with van der Waals surface area (Å²) in [6.07, 6.45) is -4.71. The van der Waals surface area contributed by atoms with Crippen LogP contribution in [0.4, 0.5) is 24.5 Å². The van der Waals surface area contributed by atoms with Gasteiger partial charge in [-0.3, -0.25) is 14.9 Å². The molecular formula is C16H12ClF3N2O4. The lowest BCUT2D eigenvalue weighted by Gasteiger charge is -2.10. The summed E-state index contributed by atoms with van der Waals surface area (Å²) < 4.78 is 42.9. The fraction of sp³-hybridized carbons (Fsp3) is 0.188. The Bertz CT molecular complexity index is 810. The highest BCUT2D eigenvalue weighted by molar-refractivity contribution is 6.30. The molecule has 0 aromatic heterocycles. The van der Waals surface area contributed by atoms with Crippen LogP contribution in [0.2, 0.25) is 5.02 Å². The van der Waals surface area contributed by atoms with Crippen LogP contribution < -0.4 is 5.32 Å². The summed E-state index contributed by atoms with van der Waals surface area (Å²) >= 11 is 5.73. The third kappa shape index (κ3) is 5.35. The molecule has 0 atom stereocenters. The molecule has 2 aromatic rings. The number of carbonyl (C=O) groups excluding carboxylic acids is 1. The minimum Gasteiger partial charge on any atom is -0.460 e. The molecule has 0 saturated heterocycles. The van der Waals surface area contributed by atoms with E-state index in [1.54, 1.807) is 24.3 Å². The fourth-order valence-corrected chi connectivity index (χ4v) is 2.10. The van der Waals surface area contributed by atoms with Crippen molar-refractivity contribution in [3.63, 3.8) is 0 Å². The van der Waals surface area contributed by atoms with Gasteiger partial charge < -0.3 is 10.1 Å². The van der Waals surface area contributed by atoms with E-state index in [2.05, 4.69) is 5.32 Å². The number of hydrogen-bond acceptors (Lipinski definition) is 5. The van der Waals surface area contributed by atoms with E-state index >= 15 is 0 Å². The van der Waals surface area contributed by atoms with E-state index in [0.29, 0.717) is 22.7 Å². The second kappa shape index (κ2) is 8.05. The Kier molecular flexibility index (Phi) is 6.04. The first-order chi connectivity index (χ1) is 12.2. The first-order valence-corrected chi connectivity index (χ1v) is 7.54. The summed E-state index contributed by atoms with van der Waals surface area (Å²) in [6, 6.07) is 8.54. The molecule has 0 aliphatic heterocycles. The van der Waals surface area contributed by atoms with Crippen molar-refractivity contribution < 1.29 is 27.6 Å². The van der Waals surface area contributed by atoms with Crippen LogP contribution in [0.1, 0.15) is 11.1 Å². The lowest BCUT2D eigenvalue weighted by atomic mass is 10.1. The largest absolute Gasteiger partial charge is 0.460 e. The molecule has 0 spiro atoms. The van der Waals surface area contributed by atoms with Gasteiger partial charge in [-0.25, -0.2) is 0 Å². The number of nitrogens with zero attached hydrogens (tertiary/aromatic N) is 1. The summed E-state index contributed by atoms with van der Waals surface area (Å²) in [5, 5.41) is 13.9. The van der Waals surface area contributed by atoms with Crippen LogP contribution in [0.15, 0.2) is 42.5 Å². The summed E-state index contributed by atoms with van der Waals surface area (Å²) in [7, 11) is 0. The first-order valence-electron chi connectivity index (χ1n) is 7.16. The number of nitrogens with one attached hydrogen (secondary N) is 1. The third-order valence-electron chi connectivity index (χ3n) is 3.26. The first kappa shape index (κ1) is 19.5. The molecule has 0 radical (unpaired) electrons. The van der Waals surface area contributed by atoms with Crippen molar-refractivity contribution in [2.24, 2.45) is 0 Å². The molecule has 0 bridgehead atoms. The van der Waals surface area contributed by atoms with Gasteiger partial charge in [-0.2, -0.15) is 13.2 Å². The quantitative estimate of drug-likeness (QED) is 0.450. The number of nitro benzene ring substituents is 1. The number of halogens is 4. The van der Waals surface area contributed by atoms with Gasteiger partial charge in [0.2, 0.25) is 0 Å². The molecular weight excluding hydrogens is 377 g/mol. The number of esters is 1. The van der Waals surface area contributed by atoms with Gasteiger partial charge in [0.15, 0.2) is 0 Å². The van der Waals surface area contributed by atoms with E-state index in [1.165, 1.54) is 0 Å². The topological polar surface area (TPSA) is 81.5 Å². The Morgan fingerprint density at radius 2 is 1.85 bits per heavy atom. The van der Waals surface area contributed by atoms with Gasteiger partial charge in [-0.15, -0.1) is 0 Å². The molecule has 26 heavy (non-hydrogen) atoms. The van der Waals surface area contributed by atoms with Crippen LogP contribution in [0.3, 0.4) is 0 Å². The lowest BCUT2D eigenvalue weighted by molar-refractivity contribution is -0.384. The monoisotopic (exact) mass is 388 g/mol. The molecule has 0 amide bonds. The molecule has 0 heterocycles. The van der Waals surface area contributed by atoms with E-state index in [-0.39, 0.29) is 12.3 Å². The molecule has 6 nitrogen and oxygen atoms in total. The minimum absolute atomic E-state index is 0.0349. The second-order valence-corrected chi connectivity index (χ2v) is 5.56. The average Bonchev–Trinajstić information content (AvgIpc) is 2.58. The Morgan fingerprint density at radius 3 is 2.42 bits per heavy atom. The zero-order valence-corrected chi connectivity index (χ0v) is 13.8. The van der Waals surface area contributed by atoms with E-state index in [4.69, 9.17) is 16.3 Å². The van der Waals surface area contributed by atoms with Crippen molar-refractivity contribution >= 4 is 28.9 Å². The molecule has 0 fully saturated rings. The standard InChI is InChI=1S/C16H12ClF3N2O4/c17-12-4-1-10(2-5-12)9-26-15(23)8-21-13-6-3-11(16(18,19)20)7-14(13)22(24)25/h1-7,21H,8-9H2. The predicted molar refractivity (Wildman–Crippen MR) is 87.8 cm³/mol. The normalized spacial score (nSPS) is 11.1. The molecule has 2 rings (SSSR count). The fourth-order valence-electron chi connectivity index (χ4n) is 1.97. The van der Waals surface area contributed by atoms with E-state index < -0.39 is 34.9 Å². The minimum atomic E-state index is -4.71. The Labute approximate surface area is 150 Å². The maximum absolute atomic E-state index is 12.6. The molecule has 0 aliphatic carbocycles. The SMILES string of the molecule is O=C(CNc1ccc(C(F)(F)F)cc1[N+](=O)[O-])OCc1ccc(Cl)cc1. The summed E-state index contributed by atoms with van der Waals surface area (Å²) in [4.78, 5) is 21.7. The van der Waals surface area contributed by atoms with Crippen molar-refractivity contribution in [1.82, 2.24) is 0 Å². The maximum atomic E-state index is 12.6. The van der Waals surface area contributed by atoms with Gasteiger partial charge in [-0.1, -0.05) is 23.7 Å². The number of carbonyl (C=O) groups is 1. The smallest absolute Gasteiger partial charge is 0.416 e. The summed E-state index contributed by atoms with van der Waals surface area (Å²) in [6.45, 7) is -0.480. The number of hydrogen-bond donors (Lipinski definition) is 1. The highest BCUT2D eigenvalue weighted by Crippen LogP contribution is 2.34. The number of rotatable bonds is 6. The van der Waals surface area contributed by atoms with E-state index in [0.717, 1.165) is 6.07 Å². The molecule has 0 aliphatic rings. The Hall–Kier alpha value is -2.81. The zero-order chi connectivity index (χ0) is 19.3. The van der Waals surface area contributed by atoms with Crippen molar-refractivity contribution in [2.75, 3.05) is 11.9 Å².